The molecule has 0 aliphatic carbocycles. The molecule has 1 aromatic rings. The molecule has 2 N–H and O–H groups in total. The average molecular weight is 284 g/mol. The van der Waals surface area contributed by atoms with Gasteiger partial charge in [-0.3, -0.25) is 4.79 Å². The molecular weight excluding hydrogens is 260 g/mol. The van der Waals surface area contributed by atoms with Gasteiger partial charge in [-0.25, -0.2) is 4.98 Å². The van der Waals surface area contributed by atoms with Crippen molar-refractivity contribution in [2.75, 3.05) is 32.5 Å². The van der Waals surface area contributed by atoms with Crippen LogP contribution in [0.5, 0.6) is 0 Å². The van der Waals surface area contributed by atoms with Crippen molar-refractivity contribution < 1.29 is 4.79 Å². The van der Waals surface area contributed by atoms with Crippen molar-refractivity contribution in [1.82, 2.24) is 15.2 Å². The Hall–Kier alpha value is -1.14. The van der Waals surface area contributed by atoms with Gasteiger partial charge in [0.25, 0.3) is 0 Å². The van der Waals surface area contributed by atoms with E-state index in [2.05, 4.69) is 27.4 Å². The average Bonchev–Trinajstić information content (AvgIpc) is 2.82. The van der Waals surface area contributed by atoms with Crippen LogP contribution >= 0.6 is 11.3 Å². The van der Waals surface area contributed by atoms with Gasteiger partial charge in [-0.1, -0.05) is 13.8 Å². The zero-order valence-corrected chi connectivity index (χ0v) is 13.0. The monoisotopic (exact) mass is 284 g/mol. The van der Waals surface area contributed by atoms with Crippen molar-refractivity contribution in [3.05, 3.63) is 11.1 Å². The molecule has 1 atom stereocenters. The molecule has 0 spiro atoms. The Balaban J connectivity index is 2.41. The van der Waals surface area contributed by atoms with Crippen LogP contribution in [-0.2, 0) is 11.3 Å². The minimum atomic E-state index is 0.000563. The summed E-state index contributed by atoms with van der Waals surface area (Å²) in [6.45, 7) is 6.60. The van der Waals surface area contributed by atoms with Gasteiger partial charge in [0.05, 0.1) is 0 Å². The van der Waals surface area contributed by atoms with Crippen molar-refractivity contribution >= 4 is 22.4 Å². The third-order valence-corrected chi connectivity index (χ3v) is 3.72. The van der Waals surface area contributed by atoms with Crippen molar-refractivity contribution in [3.8, 4) is 0 Å². The molecule has 1 rings (SSSR count). The Labute approximate surface area is 119 Å². The Morgan fingerprint density at radius 1 is 1.58 bits per heavy atom. The molecule has 5 nitrogen and oxygen atoms in total. The minimum absolute atomic E-state index is 0.000563. The summed E-state index contributed by atoms with van der Waals surface area (Å²) in [4.78, 5) is 19.2. The van der Waals surface area contributed by atoms with Crippen LogP contribution < -0.4 is 10.6 Å². The van der Waals surface area contributed by atoms with E-state index >= 15 is 0 Å². The first-order chi connectivity index (χ1) is 9.06. The molecule has 0 aromatic carbocycles. The zero-order chi connectivity index (χ0) is 14.3. The molecule has 0 bridgehead atoms. The predicted molar refractivity (Wildman–Crippen MR) is 80.5 cm³/mol. The number of carbonyl (C=O) groups is 1. The van der Waals surface area contributed by atoms with Gasteiger partial charge in [0.1, 0.15) is 0 Å². The highest BCUT2D eigenvalue weighted by Crippen LogP contribution is 2.19. The maximum Gasteiger partial charge on any atom is 0.223 e. The van der Waals surface area contributed by atoms with Crippen LogP contribution in [0.4, 0.5) is 5.13 Å². The molecule has 1 aromatic heterocycles. The SMILES string of the molecule is CCCNc1ncc(CN(C)CC(C)C(=O)NC)s1. The third-order valence-electron chi connectivity index (χ3n) is 2.79. The summed E-state index contributed by atoms with van der Waals surface area (Å²) in [5.74, 6) is 0.0852. The summed E-state index contributed by atoms with van der Waals surface area (Å²) in [6, 6.07) is 0. The summed E-state index contributed by atoms with van der Waals surface area (Å²) >= 11 is 1.68. The lowest BCUT2D eigenvalue weighted by molar-refractivity contribution is -0.124. The van der Waals surface area contributed by atoms with Crippen LogP contribution in [0.25, 0.3) is 0 Å². The Morgan fingerprint density at radius 3 is 2.95 bits per heavy atom. The number of hydrogen-bond donors (Lipinski definition) is 2. The van der Waals surface area contributed by atoms with Gasteiger partial charge < -0.3 is 15.5 Å². The molecule has 0 aliphatic rings. The lowest BCUT2D eigenvalue weighted by Gasteiger charge is -2.19. The van der Waals surface area contributed by atoms with Gasteiger partial charge in [-0.15, -0.1) is 11.3 Å². The van der Waals surface area contributed by atoms with Crippen molar-refractivity contribution in [2.24, 2.45) is 5.92 Å². The van der Waals surface area contributed by atoms with E-state index in [0.29, 0.717) is 0 Å². The summed E-state index contributed by atoms with van der Waals surface area (Å²) < 4.78 is 0. The second kappa shape index (κ2) is 8.12. The second-order valence-corrected chi connectivity index (χ2v) is 5.89. The first-order valence-electron chi connectivity index (χ1n) is 6.65. The van der Waals surface area contributed by atoms with Crippen molar-refractivity contribution in [2.45, 2.75) is 26.8 Å². The van der Waals surface area contributed by atoms with E-state index < -0.39 is 0 Å². The van der Waals surface area contributed by atoms with Crippen LogP contribution in [0.1, 0.15) is 25.1 Å². The van der Waals surface area contributed by atoms with Gasteiger partial charge in [-0.05, 0) is 13.5 Å². The number of nitrogens with one attached hydrogen (secondary N) is 2. The fraction of sp³-hybridized carbons (Fsp3) is 0.692. The van der Waals surface area contributed by atoms with E-state index in [0.717, 1.165) is 31.2 Å². The number of amides is 1. The first-order valence-corrected chi connectivity index (χ1v) is 7.47. The van der Waals surface area contributed by atoms with E-state index in [4.69, 9.17) is 0 Å². The molecule has 6 heteroatoms. The number of rotatable bonds is 8. The second-order valence-electron chi connectivity index (χ2n) is 4.77. The number of hydrogen-bond acceptors (Lipinski definition) is 5. The number of anilines is 1. The number of aromatic nitrogens is 1. The quantitative estimate of drug-likeness (QED) is 0.764. The fourth-order valence-electron chi connectivity index (χ4n) is 1.82. The summed E-state index contributed by atoms with van der Waals surface area (Å²) in [6.07, 6.45) is 3.00. The molecular formula is C13H24N4OS. The molecule has 1 amide bonds. The van der Waals surface area contributed by atoms with Crippen LogP contribution in [0, 0.1) is 5.92 Å². The van der Waals surface area contributed by atoms with Crippen molar-refractivity contribution in [1.29, 1.82) is 0 Å². The van der Waals surface area contributed by atoms with E-state index in [1.807, 2.05) is 20.2 Å². The highest BCUT2D eigenvalue weighted by molar-refractivity contribution is 7.15. The lowest BCUT2D eigenvalue weighted by atomic mass is 10.1. The Bertz CT molecular complexity index is 394. The topological polar surface area (TPSA) is 57.3 Å². The molecule has 0 saturated carbocycles. The number of carbonyl (C=O) groups excluding carboxylic acids is 1. The van der Waals surface area contributed by atoms with Crippen molar-refractivity contribution in [3.63, 3.8) is 0 Å². The Morgan fingerprint density at radius 2 is 2.32 bits per heavy atom. The normalized spacial score (nSPS) is 12.5. The van der Waals surface area contributed by atoms with E-state index in [1.165, 1.54) is 4.88 Å². The predicted octanol–water partition coefficient (Wildman–Crippen LogP) is 1.78. The summed E-state index contributed by atoms with van der Waals surface area (Å²) in [5, 5.41) is 6.93. The molecule has 1 unspecified atom stereocenters. The molecule has 0 radical (unpaired) electrons. The van der Waals surface area contributed by atoms with Crippen LogP contribution in [-0.4, -0.2) is 43.0 Å². The van der Waals surface area contributed by atoms with Gasteiger partial charge in [-0.2, -0.15) is 0 Å². The van der Waals surface area contributed by atoms with Gasteiger partial charge in [0.2, 0.25) is 5.91 Å². The molecule has 1 heterocycles. The largest absolute Gasteiger partial charge is 0.362 e. The number of thiazole rings is 1. The first kappa shape index (κ1) is 15.9. The molecule has 0 aliphatic heterocycles. The highest BCUT2D eigenvalue weighted by Gasteiger charge is 2.14. The smallest absolute Gasteiger partial charge is 0.223 e. The van der Waals surface area contributed by atoms with E-state index in [9.17, 15) is 4.79 Å². The van der Waals surface area contributed by atoms with Gasteiger partial charge in [0, 0.05) is 43.7 Å². The standard InChI is InChI=1S/C13H24N4OS/c1-5-6-15-13-16-7-11(19-13)9-17(4)8-10(2)12(18)14-3/h7,10H,5-6,8-9H2,1-4H3,(H,14,18)(H,15,16). The molecule has 0 saturated heterocycles. The van der Waals surface area contributed by atoms with Gasteiger partial charge >= 0.3 is 0 Å². The minimum Gasteiger partial charge on any atom is -0.362 e. The van der Waals surface area contributed by atoms with E-state index in [-0.39, 0.29) is 11.8 Å². The third kappa shape index (κ3) is 5.57. The zero-order valence-electron chi connectivity index (χ0n) is 12.2. The maximum absolute atomic E-state index is 11.5. The van der Waals surface area contributed by atoms with Crippen LogP contribution in [0.15, 0.2) is 6.20 Å². The molecule has 108 valence electrons. The molecule has 0 fully saturated rings. The van der Waals surface area contributed by atoms with Crippen LogP contribution in [0.2, 0.25) is 0 Å². The summed E-state index contributed by atoms with van der Waals surface area (Å²) in [7, 11) is 3.70. The van der Waals surface area contributed by atoms with E-state index in [1.54, 1.807) is 18.4 Å². The molecule has 19 heavy (non-hydrogen) atoms. The fourth-order valence-corrected chi connectivity index (χ4v) is 2.74. The van der Waals surface area contributed by atoms with Crippen LogP contribution in [0.3, 0.4) is 0 Å². The van der Waals surface area contributed by atoms with Gasteiger partial charge in [0.15, 0.2) is 5.13 Å². The highest BCUT2D eigenvalue weighted by atomic mass is 32.1. The number of nitrogens with zero attached hydrogens (tertiary/aromatic N) is 2. The summed E-state index contributed by atoms with van der Waals surface area (Å²) in [5.41, 5.74) is 0. The Kier molecular flexibility index (Phi) is 6.80. The maximum atomic E-state index is 11.5. The lowest BCUT2D eigenvalue weighted by Crippen LogP contribution is -2.34.